The second-order valence-corrected chi connectivity index (χ2v) is 12.0. The molecule has 38 heavy (non-hydrogen) atoms. The highest BCUT2D eigenvalue weighted by Crippen LogP contribution is 2.35. The Hall–Kier alpha value is -2.32. The number of imide groups is 1. The minimum Gasteiger partial charge on any atom is -0.389 e. The Labute approximate surface area is 226 Å². The number of hydrogen-bond donors (Lipinski definition) is 1. The maximum atomic E-state index is 13.1. The van der Waals surface area contributed by atoms with Gasteiger partial charge in [0.25, 0.3) is 11.8 Å². The standard InChI is InChI=1S/C31H43N3O4/c1-21(2)25-11-10-22(3)18-28(25)38-20-24(35)19-33-14-12-32(13-15-33)16-17-34-30(36)26-8-4-6-23-7-5-9-27(29(23)26)31(34)37/h4-9,21-22,24-25,28,35H,10-20H2,1-3H3/t22-,24-,25+,28-/m1/s1. The van der Waals surface area contributed by atoms with Crippen LogP contribution in [0.4, 0.5) is 0 Å². The molecule has 1 N–H and O–H groups in total. The lowest BCUT2D eigenvalue weighted by atomic mass is 9.75. The van der Waals surface area contributed by atoms with Crippen molar-refractivity contribution < 1.29 is 19.4 Å². The summed E-state index contributed by atoms with van der Waals surface area (Å²) in [5.74, 6) is 1.49. The molecule has 0 spiro atoms. The fourth-order valence-corrected chi connectivity index (χ4v) is 6.61. The molecular formula is C31H43N3O4. The molecule has 2 fully saturated rings. The van der Waals surface area contributed by atoms with Crippen LogP contribution in [0.2, 0.25) is 0 Å². The van der Waals surface area contributed by atoms with E-state index in [0.29, 0.717) is 55.1 Å². The van der Waals surface area contributed by atoms with Gasteiger partial charge in [0.15, 0.2) is 0 Å². The monoisotopic (exact) mass is 521 g/mol. The number of hydrogen-bond acceptors (Lipinski definition) is 6. The van der Waals surface area contributed by atoms with Crippen LogP contribution in [0.15, 0.2) is 36.4 Å². The summed E-state index contributed by atoms with van der Waals surface area (Å²) >= 11 is 0. The van der Waals surface area contributed by atoms with Crippen molar-refractivity contribution >= 4 is 22.6 Å². The summed E-state index contributed by atoms with van der Waals surface area (Å²) in [5.41, 5.74) is 1.22. The normalized spacial score (nSPS) is 25.9. The van der Waals surface area contributed by atoms with Gasteiger partial charge in [0.05, 0.1) is 18.8 Å². The SMILES string of the molecule is CC(C)[C@@H]1CC[C@@H](C)C[C@H]1OC[C@H](O)CN1CCN(CCN2C(=O)c3cccc4cccc(c34)C2=O)CC1. The molecule has 3 aliphatic rings. The lowest BCUT2D eigenvalue weighted by molar-refractivity contribution is -0.0754. The van der Waals surface area contributed by atoms with Gasteiger partial charge in [-0.15, -0.1) is 0 Å². The Morgan fingerprint density at radius 2 is 1.55 bits per heavy atom. The van der Waals surface area contributed by atoms with Crippen LogP contribution < -0.4 is 0 Å². The van der Waals surface area contributed by atoms with Crippen molar-refractivity contribution in [2.24, 2.45) is 17.8 Å². The van der Waals surface area contributed by atoms with E-state index in [1.54, 1.807) is 0 Å². The van der Waals surface area contributed by atoms with Gasteiger partial charge < -0.3 is 9.84 Å². The highest BCUT2D eigenvalue weighted by Gasteiger charge is 2.34. The number of aliphatic hydroxyl groups excluding tert-OH is 1. The fourth-order valence-electron chi connectivity index (χ4n) is 6.61. The molecule has 206 valence electrons. The van der Waals surface area contributed by atoms with Crippen molar-refractivity contribution in [3.8, 4) is 0 Å². The van der Waals surface area contributed by atoms with E-state index in [2.05, 4.69) is 30.6 Å². The maximum Gasteiger partial charge on any atom is 0.261 e. The molecule has 0 aromatic heterocycles. The van der Waals surface area contributed by atoms with Gasteiger partial charge in [-0.1, -0.05) is 51.5 Å². The van der Waals surface area contributed by atoms with Crippen LogP contribution in [-0.4, -0.2) is 96.2 Å². The highest BCUT2D eigenvalue weighted by molar-refractivity contribution is 6.25. The van der Waals surface area contributed by atoms with E-state index in [9.17, 15) is 14.7 Å². The van der Waals surface area contributed by atoms with E-state index in [-0.39, 0.29) is 17.9 Å². The third-order valence-corrected chi connectivity index (χ3v) is 8.89. The number of β-amino-alcohol motifs (C(OH)–C–C–N with tert-alkyl or cyclic N) is 1. The number of aliphatic hydroxyl groups is 1. The zero-order valence-corrected chi connectivity index (χ0v) is 23.1. The molecule has 5 rings (SSSR count). The van der Waals surface area contributed by atoms with Gasteiger partial charge in [0.2, 0.25) is 0 Å². The summed E-state index contributed by atoms with van der Waals surface area (Å²) in [6.45, 7) is 12.3. The number of ether oxygens (including phenoxy) is 1. The number of carbonyl (C=O) groups is 2. The van der Waals surface area contributed by atoms with E-state index in [1.165, 1.54) is 17.7 Å². The second-order valence-electron chi connectivity index (χ2n) is 12.0. The zero-order valence-electron chi connectivity index (χ0n) is 23.1. The smallest absolute Gasteiger partial charge is 0.261 e. The van der Waals surface area contributed by atoms with E-state index < -0.39 is 6.10 Å². The minimum absolute atomic E-state index is 0.201. The molecule has 2 heterocycles. The summed E-state index contributed by atoms with van der Waals surface area (Å²) in [7, 11) is 0. The van der Waals surface area contributed by atoms with Gasteiger partial charge in [-0.2, -0.15) is 0 Å². The molecule has 0 bridgehead atoms. The first-order chi connectivity index (χ1) is 18.3. The molecular weight excluding hydrogens is 478 g/mol. The van der Waals surface area contributed by atoms with E-state index in [1.807, 2.05) is 36.4 Å². The first kappa shape index (κ1) is 27.3. The van der Waals surface area contributed by atoms with Crippen LogP contribution >= 0.6 is 0 Å². The van der Waals surface area contributed by atoms with E-state index >= 15 is 0 Å². The largest absolute Gasteiger partial charge is 0.389 e. The Morgan fingerprint density at radius 3 is 2.18 bits per heavy atom. The van der Waals surface area contributed by atoms with Crippen molar-refractivity contribution in [3.05, 3.63) is 47.5 Å². The van der Waals surface area contributed by atoms with Gasteiger partial charge in [0.1, 0.15) is 0 Å². The third-order valence-electron chi connectivity index (χ3n) is 8.89. The Morgan fingerprint density at radius 1 is 0.921 bits per heavy atom. The molecule has 2 aromatic carbocycles. The molecule has 2 aliphatic heterocycles. The number of rotatable bonds is 9. The summed E-state index contributed by atoms with van der Waals surface area (Å²) < 4.78 is 6.27. The number of piperazine rings is 1. The predicted molar refractivity (Wildman–Crippen MR) is 149 cm³/mol. The van der Waals surface area contributed by atoms with Gasteiger partial charge in [0, 0.05) is 62.3 Å². The minimum atomic E-state index is -0.488. The lowest BCUT2D eigenvalue weighted by Crippen LogP contribution is -2.52. The van der Waals surface area contributed by atoms with Crippen LogP contribution in [-0.2, 0) is 4.74 Å². The third kappa shape index (κ3) is 5.81. The molecule has 1 aliphatic carbocycles. The van der Waals surface area contributed by atoms with Crippen LogP contribution in [0.3, 0.4) is 0 Å². The van der Waals surface area contributed by atoms with E-state index in [4.69, 9.17) is 4.74 Å². The van der Waals surface area contributed by atoms with Crippen LogP contribution in [0.1, 0.15) is 60.7 Å². The molecule has 1 saturated heterocycles. The first-order valence-corrected chi connectivity index (χ1v) is 14.4. The molecule has 2 amide bonds. The summed E-state index contributed by atoms with van der Waals surface area (Å²) in [6.07, 6.45) is 3.36. The topological polar surface area (TPSA) is 73.3 Å². The van der Waals surface area contributed by atoms with E-state index in [0.717, 1.165) is 43.4 Å². The summed E-state index contributed by atoms with van der Waals surface area (Å²) in [6, 6.07) is 11.3. The Bertz CT molecular complexity index is 1090. The Balaban J connectivity index is 1.07. The number of amides is 2. The fraction of sp³-hybridized carbons (Fsp3) is 0.613. The van der Waals surface area contributed by atoms with Crippen LogP contribution in [0, 0.1) is 17.8 Å². The van der Waals surface area contributed by atoms with Crippen LogP contribution in [0.5, 0.6) is 0 Å². The number of carbonyl (C=O) groups excluding carboxylic acids is 2. The highest BCUT2D eigenvalue weighted by atomic mass is 16.5. The maximum absolute atomic E-state index is 13.1. The number of benzene rings is 2. The van der Waals surface area contributed by atoms with Crippen molar-refractivity contribution in [3.63, 3.8) is 0 Å². The Kier molecular flexibility index (Phi) is 8.48. The first-order valence-electron chi connectivity index (χ1n) is 14.4. The lowest BCUT2D eigenvalue weighted by Gasteiger charge is -2.38. The van der Waals surface area contributed by atoms with Crippen molar-refractivity contribution in [1.82, 2.24) is 14.7 Å². The second kappa shape index (κ2) is 11.8. The van der Waals surface area contributed by atoms with Gasteiger partial charge in [-0.05, 0) is 48.1 Å². The average molecular weight is 522 g/mol. The summed E-state index contributed by atoms with van der Waals surface area (Å²) in [5, 5.41) is 12.4. The van der Waals surface area contributed by atoms with Crippen molar-refractivity contribution in [2.45, 2.75) is 52.2 Å². The van der Waals surface area contributed by atoms with Crippen molar-refractivity contribution in [1.29, 1.82) is 0 Å². The number of nitrogens with zero attached hydrogens (tertiary/aromatic N) is 3. The van der Waals surface area contributed by atoms with Crippen LogP contribution in [0.25, 0.3) is 10.8 Å². The molecule has 7 heteroatoms. The van der Waals surface area contributed by atoms with Gasteiger partial charge in [-0.25, -0.2) is 0 Å². The van der Waals surface area contributed by atoms with Crippen molar-refractivity contribution in [2.75, 3.05) is 52.4 Å². The summed E-state index contributed by atoms with van der Waals surface area (Å²) in [4.78, 5) is 32.3. The van der Waals surface area contributed by atoms with Gasteiger partial charge in [-0.3, -0.25) is 24.3 Å². The quantitative estimate of drug-likeness (QED) is 0.505. The molecule has 7 nitrogen and oxygen atoms in total. The average Bonchev–Trinajstić information content (AvgIpc) is 2.91. The zero-order chi connectivity index (χ0) is 26.8. The molecule has 2 aromatic rings. The molecule has 0 unspecified atom stereocenters. The predicted octanol–water partition coefficient (Wildman–Crippen LogP) is 3.89. The molecule has 4 atom stereocenters. The van der Waals surface area contributed by atoms with Gasteiger partial charge >= 0.3 is 0 Å². The molecule has 1 saturated carbocycles. The molecule has 0 radical (unpaired) electrons.